The smallest absolute Gasteiger partial charge is 0.325 e. The monoisotopic (exact) mass is 292 g/mol. The maximum Gasteiger partial charge on any atom is 0.325 e. The molecule has 0 aliphatic heterocycles. The van der Waals surface area contributed by atoms with Gasteiger partial charge in [0.25, 0.3) is 0 Å². The number of amides is 1. The van der Waals surface area contributed by atoms with Crippen LogP contribution in [-0.2, 0) is 20.9 Å². The Morgan fingerprint density at radius 2 is 1.81 bits per heavy atom. The third kappa shape index (κ3) is 5.19. The zero-order chi connectivity index (χ0) is 16.0. The maximum atomic E-state index is 12.5. The molecule has 116 valence electrons. The molecule has 0 aromatic heterocycles. The van der Waals surface area contributed by atoms with Gasteiger partial charge in [0.05, 0.1) is 13.2 Å². The summed E-state index contributed by atoms with van der Waals surface area (Å²) in [7, 11) is 1.30. The Bertz CT molecular complexity index is 480. The molecule has 0 unspecified atom stereocenters. The molecule has 0 aliphatic rings. The molecule has 0 saturated heterocycles. The first-order valence-electron chi connectivity index (χ1n) is 6.91. The van der Waals surface area contributed by atoms with Crippen LogP contribution >= 0.6 is 0 Å². The standard InChI is InChI=1S/C16H24N2O3/c1-16(2,3)14(17)15(20)18(11-13(19)21-4)10-12-8-6-5-7-9-12/h5-9,14H,10-11,17H2,1-4H3/t14-/m0/s1. The first kappa shape index (κ1) is 17.2. The SMILES string of the molecule is COC(=O)CN(Cc1ccccc1)C(=O)[C@H](N)C(C)(C)C. The van der Waals surface area contributed by atoms with Crippen molar-refractivity contribution in [3.8, 4) is 0 Å². The van der Waals surface area contributed by atoms with E-state index >= 15 is 0 Å². The van der Waals surface area contributed by atoms with Crippen molar-refractivity contribution in [1.29, 1.82) is 0 Å². The molecule has 5 heteroatoms. The van der Waals surface area contributed by atoms with Gasteiger partial charge >= 0.3 is 5.97 Å². The molecule has 0 bridgehead atoms. The Kier molecular flexibility index (Phi) is 5.90. The van der Waals surface area contributed by atoms with Crippen LogP contribution < -0.4 is 5.73 Å². The van der Waals surface area contributed by atoms with Crippen LogP contribution in [0.25, 0.3) is 0 Å². The predicted molar refractivity (Wildman–Crippen MR) is 81.3 cm³/mol. The van der Waals surface area contributed by atoms with Crippen molar-refractivity contribution in [3.05, 3.63) is 35.9 Å². The second-order valence-corrected chi connectivity index (χ2v) is 6.10. The second kappa shape index (κ2) is 7.22. The van der Waals surface area contributed by atoms with Gasteiger partial charge in [-0.15, -0.1) is 0 Å². The highest BCUT2D eigenvalue weighted by Gasteiger charge is 2.32. The maximum absolute atomic E-state index is 12.5. The molecule has 0 radical (unpaired) electrons. The van der Waals surface area contributed by atoms with Gasteiger partial charge in [0.1, 0.15) is 6.54 Å². The quantitative estimate of drug-likeness (QED) is 0.836. The lowest BCUT2D eigenvalue weighted by Crippen LogP contribution is -2.51. The van der Waals surface area contributed by atoms with Crippen molar-refractivity contribution in [1.82, 2.24) is 4.90 Å². The van der Waals surface area contributed by atoms with Crippen LogP contribution in [0.4, 0.5) is 0 Å². The van der Waals surface area contributed by atoms with E-state index in [0.717, 1.165) is 5.56 Å². The Labute approximate surface area is 126 Å². The van der Waals surface area contributed by atoms with E-state index in [1.165, 1.54) is 12.0 Å². The minimum absolute atomic E-state index is 0.103. The summed E-state index contributed by atoms with van der Waals surface area (Å²) < 4.78 is 4.66. The Hall–Kier alpha value is -1.88. The molecule has 0 fully saturated rings. The topological polar surface area (TPSA) is 72.6 Å². The summed E-state index contributed by atoms with van der Waals surface area (Å²) in [4.78, 5) is 25.5. The molecule has 1 atom stereocenters. The van der Waals surface area contributed by atoms with Crippen LogP contribution in [0.1, 0.15) is 26.3 Å². The summed E-state index contributed by atoms with van der Waals surface area (Å²) >= 11 is 0. The second-order valence-electron chi connectivity index (χ2n) is 6.10. The zero-order valence-corrected chi connectivity index (χ0v) is 13.1. The number of hydrogen-bond donors (Lipinski definition) is 1. The Morgan fingerprint density at radius 3 is 2.29 bits per heavy atom. The zero-order valence-electron chi connectivity index (χ0n) is 13.1. The lowest BCUT2D eigenvalue weighted by molar-refractivity contribution is -0.148. The molecular weight excluding hydrogens is 268 g/mol. The van der Waals surface area contributed by atoms with Gasteiger partial charge in [-0.1, -0.05) is 51.1 Å². The molecule has 0 saturated carbocycles. The molecule has 21 heavy (non-hydrogen) atoms. The van der Waals surface area contributed by atoms with Crippen molar-refractivity contribution in [3.63, 3.8) is 0 Å². The van der Waals surface area contributed by atoms with E-state index in [9.17, 15) is 9.59 Å². The summed E-state index contributed by atoms with van der Waals surface area (Å²) in [6.07, 6.45) is 0. The van der Waals surface area contributed by atoms with E-state index in [1.807, 2.05) is 51.1 Å². The summed E-state index contributed by atoms with van der Waals surface area (Å²) in [5.41, 5.74) is 6.59. The van der Waals surface area contributed by atoms with E-state index in [-0.39, 0.29) is 17.9 Å². The van der Waals surface area contributed by atoms with Gasteiger partial charge in [0, 0.05) is 6.54 Å². The number of nitrogens with zero attached hydrogens (tertiary/aromatic N) is 1. The first-order chi connectivity index (χ1) is 9.75. The fraction of sp³-hybridized carbons (Fsp3) is 0.500. The summed E-state index contributed by atoms with van der Waals surface area (Å²) in [6.45, 7) is 5.92. The molecule has 2 N–H and O–H groups in total. The van der Waals surface area contributed by atoms with Crippen LogP contribution in [0, 0.1) is 5.41 Å². The van der Waals surface area contributed by atoms with Gasteiger partial charge in [-0.2, -0.15) is 0 Å². The van der Waals surface area contributed by atoms with E-state index in [0.29, 0.717) is 6.54 Å². The van der Waals surface area contributed by atoms with Crippen molar-refractivity contribution in [2.45, 2.75) is 33.4 Å². The first-order valence-corrected chi connectivity index (χ1v) is 6.91. The average Bonchev–Trinajstić information content (AvgIpc) is 2.45. The average molecular weight is 292 g/mol. The fourth-order valence-corrected chi connectivity index (χ4v) is 1.80. The van der Waals surface area contributed by atoms with Crippen LogP contribution in [0.3, 0.4) is 0 Å². The van der Waals surface area contributed by atoms with Gasteiger partial charge in [-0.05, 0) is 11.0 Å². The van der Waals surface area contributed by atoms with Crippen molar-refractivity contribution >= 4 is 11.9 Å². The molecule has 5 nitrogen and oxygen atoms in total. The van der Waals surface area contributed by atoms with Gasteiger partial charge < -0.3 is 15.4 Å². The summed E-state index contributed by atoms with van der Waals surface area (Å²) in [6, 6.07) is 8.81. The largest absolute Gasteiger partial charge is 0.468 e. The Morgan fingerprint density at radius 1 is 1.24 bits per heavy atom. The van der Waals surface area contributed by atoms with Crippen molar-refractivity contribution in [2.24, 2.45) is 11.1 Å². The minimum Gasteiger partial charge on any atom is -0.468 e. The van der Waals surface area contributed by atoms with Crippen LogP contribution in [-0.4, -0.2) is 36.5 Å². The van der Waals surface area contributed by atoms with Crippen LogP contribution in [0.2, 0.25) is 0 Å². The molecule has 1 amide bonds. The van der Waals surface area contributed by atoms with Crippen LogP contribution in [0.5, 0.6) is 0 Å². The molecular formula is C16H24N2O3. The van der Waals surface area contributed by atoms with E-state index in [1.54, 1.807) is 0 Å². The molecule has 1 aromatic rings. The van der Waals surface area contributed by atoms with E-state index in [2.05, 4.69) is 4.74 Å². The summed E-state index contributed by atoms with van der Waals surface area (Å²) in [5, 5.41) is 0. The van der Waals surface area contributed by atoms with Crippen LogP contribution in [0.15, 0.2) is 30.3 Å². The van der Waals surface area contributed by atoms with Gasteiger partial charge in [-0.25, -0.2) is 0 Å². The fourth-order valence-electron chi connectivity index (χ4n) is 1.80. The van der Waals surface area contributed by atoms with Gasteiger partial charge in [-0.3, -0.25) is 9.59 Å². The number of carbonyl (C=O) groups is 2. The molecule has 0 spiro atoms. The number of methoxy groups -OCH3 is 1. The lowest BCUT2D eigenvalue weighted by Gasteiger charge is -2.31. The highest BCUT2D eigenvalue weighted by atomic mass is 16.5. The Balaban J connectivity index is 2.91. The predicted octanol–water partition coefficient (Wildman–Crippen LogP) is 1.56. The number of rotatable bonds is 5. The van der Waals surface area contributed by atoms with Gasteiger partial charge in [0.15, 0.2) is 0 Å². The molecule has 0 heterocycles. The summed E-state index contributed by atoms with van der Waals surface area (Å²) in [5.74, 6) is -0.711. The normalized spacial score (nSPS) is 12.6. The van der Waals surface area contributed by atoms with E-state index in [4.69, 9.17) is 5.73 Å². The highest BCUT2D eigenvalue weighted by Crippen LogP contribution is 2.20. The highest BCUT2D eigenvalue weighted by molar-refractivity contribution is 5.86. The number of nitrogens with two attached hydrogens (primary N) is 1. The lowest BCUT2D eigenvalue weighted by atomic mass is 9.86. The number of esters is 1. The molecule has 0 aliphatic carbocycles. The number of hydrogen-bond acceptors (Lipinski definition) is 4. The molecule has 1 rings (SSSR count). The van der Waals surface area contributed by atoms with Crippen molar-refractivity contribution < 1.29 is 14.3 Å². The third-order valence-corrected chi connectivity index (χ3v) is 3.27. The minimum atomic E-state index is -0.675. The third-order valence-electron chi connectivity index (χ3n) is 3.27. The number of carbonyl (C=O) groups excluding carboxylic acids is 2. The number of benzene rings is 1. The van der Waals surface area contributed by atoms with E-state index < -0.39 is 12.0 Å². The van der Waals surface area contributed by atoms with Crippen molar-refractivity contribution in [2.75, 3.05) is 13.7 Å². The molecule has 1 aromatic carbocycles. The van der Waals surface area contributed by atoms with Gasteiger partial charge in [0.2, 0.25) is 5.91 Å². The number of ether oxygens (including phenoxy) is 1.